The fourth-order valence-corrected chi connectivity index (χ4v) is 5.74. The number of aromatic nitrogens is 2. The number of imidazole rings is 1. The number of carbonyl (C=O) groups excluding carboxylic acids is 1. The van der Waals surface area contributed by atoms with Crippen molar-refractivity contribution < 1.29 is 17.9 Å². The number of benzene rings is 2. The standard InChI is InChI=1S/C28H38N4O4S/c1-19(2)26(33)29-21-7-10-23(11-8-21)37(34,35)31(6)22-9-12-25-24(17-22)30-27(28(3,4)5)32(25)18-20-13-15-36-16-14-20/h7-12,17,19-20H,13-16,18H2,1-6H3,(H,29,33). The van der Waals surface area contributed by atoms with Crippen molar-refractivity contribution in [3.8, 4) is 0 Å². The average molecular weight is 527 g/mol. The third-order valence-corrected chi connectivity index (χ3v) is 8.65. The molecular weight excluding hydrogens is 488 g/mol. The predicted molar refractivity (Wildman–Crippen MR) is 147 cm³/mol. The maximum atomic E-state index is 13.4. The van der Waals surface area contributed by atoms with Crippen LogP contribution in [0.3, 0.4) is 0 Å². The first kappa shape index (κ1) is 27.1. The van der Waals surface area contributed by atoms with Crippen molar-refractivity contribution >= 4 is 38.3 Å². The van der Waals surface area contributed by atoms with Crippen molar-refractivity contribution in [1.29, 1.82) is 0 Å². The molecule has 1 aliphatic heterocycles. The molecule has 200 valence electrons. The zero-order valence-corrected chi connectivity index (χ0v) is 23.4. The fraction of sp³-hybridized carbons (Fsp3) is 0.500. The largest absolute Gasteiger partial charge is 0.381 e. The van der Waals surface area contributed by atoms with Crippen molar-refractivity contribution in [2.75, 3.05) is 29.9 Å². The molecule has 1 N–H and O–H groups in total. The Morgan fingerprint density at radius 1 is 1.14 bits per heavy atom. The molecule has 1 aliphatic rings. The number of carbonyl (C=O) groups is 1. The number of ether oxygens (including phenoxy) is 1. The number of hydrogen-bond acceptors (Lipinski definition) is 5. The summed E-state index contributed by atoms with van der Waals surface area (Å²) in [6.07, 6.45) is 2.06. The van der Waals surface area contributed by atoms with Gasteiger partial charge in [-0.25, -0.2) is 13.4 Å². The van der Waals surface area contributed by atoms with E-state index in [1.54, 1.807) is 33.0 Å². The number of nitrogens with zero attached hydrogens (tertiary/aromatic N) is 3. The maximum Gasteiger partial charge on any atom is 0.264 e. The van der Waals surface area contributed by atoms with Crippen molar-refractivity contribution in [3.63, 3.8) is 0 Å². The van der Waals surface area contributed by atoms with Crippen LogP contribution in [-0.4, -0.2) is 44.1 Å². The highest BCUT2D eigenvalue weighted by molar-refractivity contribution is 7.92. The van der Waals surface area contributed by atoms with Crippen LogP contribution in [0.15, 0.2) is 47.4 Å². The van der Waals surface area contributed by atoms with Crippen molar-refractivity contribution in [2.24, 2.45) is 11.8 Å². The van der Waals surface area contributed by atoms with E-state index in [1.165, 1.54) is 16.4 Å². The lowest BCUT2D eigenvalue weighted by Gasteiger charge is -2.26. The molecule has 2 aromatic carbocycles. The molecule has 3 aromatic rings. The van der Waals surface area contributed by atoms with Gasteiger partial charge in [0, 0.05) is 43.8 Å². The van der Waals surface area contributed by atoms with Gasteiger partial charge in [-0.2, -0.15) is 0 Å². The number of amides is 1. The van der Waals surface area contributed by atoms with Gasteiger partial charge in [0.05, 0.1) is 21.6 Å². The van der Waals surface area contributed by atoms with E-state index in [4.69, 9.17) is 9.72 Å². The summed E-state index contributed by atoms with van der Waals surface area (Å²) in [6, 6.07) is 11.9. The molecule has 1 saturated heterocycles. The van der Waals surface area contributed by atoms with Crippen LogP contribution in [0.5, 0.6) is 0 Å². The number of fused-ring (bicyclic) bond motifs is 1. The van der Waals surface area contributed by atoms with Crippen molar-refractivity contribution in [2.45, 2.75) is 64.3 Å². The van der Waals surface area contributed by atoms with Gasteiger partial charge in [-0.15, -0.1) is 0 Å². The first-order valence-electron chi connectivity index (χ1n) is 12.9. The van der Waals surface area contributed by atoms with Crippen LogP contribution in [-0.2, 0) is 31.5 Å². The Bertz CT molecular complexity index is 1370. The van der Waals surface area contributed by atoms with Crippen LogP contribution in [0.25, 0.3) is 11.0 Å². The third kappa shape index (κ3) is 5.83. The van der Waals surface area contributed by atoms with Gasteiger partial charge in [0.1, 0.15) is 5.82 Å². The highest BCUT2D eigenvalue weighted by Gasteiger charge is 2.27. The first-order chi connectivity index (χ1) is 17.4. The summed E-state index contributed by atoms with van der Waals surface area (Å²) in [7, 11) is -2.25. The normalized spacial score (nSPS) is 15.3. The molecule has 0 radical (unpaired) electrons. The Morgan fingerprint density at radius 3 is 2.38 bits per heavy atom. The van der Waals surface area contributed by atoms with Crippen LogP contribution < -0.4 is 9.62 Å². The summed E-state index contributed by atoms with van der Waals surface area (Å²) in [5.41, 5.74) is 2.74. The number of sulfonamides is 1. The summed E-state index contributed by atoms with van der Waals surface area (Å²) < 4.78 is 35.9. The molecule has 0 unspecified atom stereocenters. The Kier molecular flexibility index (Phi) is 7.67. The Morgan fingerprint density at radius 2 is 1.78 bits per heavy atom. The minimum atomic E-state index is -3.80. The minimum Gasteiger partial charge on any atom is -0.381 e. The second-order valence-corrected chi connectivity index (χ2v) is 13.1. The lowest BCUT2D eigenvalue weighted by molar-refractivity contribution is -0.118. The predicted octanol–water partition coefficient (Wildman–Crippen LogP) is 5.18. The van der Waals surface area contributed by atoms with E-state index in [0.717, 1.165) is 49.5 Å². The Balaban J connectivity index is 1.63. The van der Waals surface area contributed by atoms with Gasteiger partial charge >= 0.3 is 0 Å². The Hall–Kier alpha value is -2.91. The smallest absolute Gasteiger partial charge is 0.264 e. The number of hydrogen-bond donors (Lipinski definition) is 1. The van der Waals surface area contributed by atoms with E-state index in [2.05, 4.69) is 30.7 Å². The maximum absolute atomic E-state index is 13.4. The lowest BCUT2D eigenvalue weighted by Crippen LogP contribution is -2.26. The summed E-state index contributed by atoms with van der Waals surface area (Å²) in [5, 5.41) is 2.78. The lowest BCUT2D eigenvalue weighted by atomic mass is 9.94. The quantitative estimate of drug-likeness (QED) is 0.458. The van der Waals surface area contributed by atoms with Gasteiger partial charge in [-0.1, -0.05) is 34.6 Å². The van der Waals surface area contributed by atoms with E-state index in [-0.39, 0.29) is 22.1 Å². The summed E-state index contributed by atoms with van der Waals surface area (Å²) in [5.74, 6) is 1.24. The highest BCUT2D eigenvalue weighted by Crippen LogP contribution is 2.32. The van der Waals surface area contributed by atoms with Crippen LogP contribution in [0.2, 0.25) is 0 Å². The van der Waals surface area contributed by atoms with Crippen LogP contribution in [0.4, 0.5) is 11.4 Å². The molecule has 1 fully saturated rings. The number of rotatable bonds is 7. The number of anilines is 2. The molecule has 2 heterocycles. The van der Waals surface area contributed by atoms with Crippen LogP contribution >= 0.6 is 0 Å². The molecule has 0 spiro atoms. The molecule has 4 rings (SSSR count). The minimum absolute atomic E-state index is 0.119. The first-order valence-corrected chi connectivity index (χ1v) is 14.3. The van der Waals surface area contributed by atoms with Crippen molar-refractivity contribution in [3.05, 3.63) is 48.3 Å². The molecule has 37 heavy (non-hydrogen) atoms. The van der Waals surface area contributed by atoms with Gasteiger partial charge < -0.3 is 14.6 Å². The molecule has 0 bridgehead atoms. The summed E-state index contributed by atoms with van der Waals surface area (Å²) >= 11 is 0. The van der Waals surface area contributed by atoms with E-state index in [9.17, 15) is 13.2 Å². The zero-order valence-electron chi connectivity index (χ0n) is 22.6. The second-order valence-electron chi connectivity index (χ2n) is 11.2. The van der Waals surface area contributed by atoms with Crippen LogP contribution in [0.1, 0.15) is 53.3 Å². The Labute approximate surface area is 220 Å². The van der Waals surface area contributed by atoms with Gasteiger partial charge in [0.15, 0.2) is 0 Å². The van der Waals surface area contributed by atoms with Crippen LogP contribution in [0, 0.1) is 11.8 Å². The second kappa shape index (κ2) is 10.5. The third-order valence-electron chi connectivity index (χ3n) is 6.85. The average Bonchev–Trinajstić information content (AvgIpc) is 3.22. The number of nitrogens with one attached hydrogen (secondary N) is 1. The molecular formula is C28H38N4O4S. The topological polar surface area (TPSA) is 93.5 Å². The monoisotopic (exact) mass is 526 g/mol. The molecule has 1 aromatic heterocycles. The van der Waals surface area contributed by atoms with Crippen molar-refractivity contribution in [1.82, 2.24) is 9.55 Å². The molecule has 0 saturated carbocycles. The van der Waals surface area contributed by atoms with Gasteiger partial charge in [-0.3, -0.25) is 9.10 Å². The van der Waals surface area contributed by atoms with Gasteiger partial charge in [0.25, 0.3) is 10.0 Å². The molecule has 0 atom stereocenters. The highest BCUT2D eigenvalue weighted by atomic mass is 32.2. The summed E-state index contributed by atoms with van der Waals surface area (Å²) in [6.45, 7) is 12.5. The molecule has 1 amide bonds. The van der Waals surface area contributed by atoms with E-state index < -0.39 is 10.0 Å². The van der Waals surface area contributed by atoms with E-state index >= 15 is 0 Å². The zero-order chi connectivity index (χ0) is 27.0. The SMILES string of the molecule is CC(C)C(=O)Nc1ccc(S(=O)(=O)N(C)c2ccc3c(c2)nc(C(C)(C)C)n3CC2CCOCC2)cc1. The van der Waals surface area contributed by atoms with Gasteiger partial charge in [-0.05, 0) is 61.2 Å². The molecule has 8 nitrogen and oxygen atoms in total. The fourth-order valence-electron chi connectivity index (χ4n) is 4.55. The molecule has 9 heteroatoms. The molecule has 0 aliphatic carbocycles. The summed E-state index contributed by atoms with van der Waals surface area (Å²) in [4.78, 5) is 17.1. The van der Waals surface area contributed by atoms with E-state index in [1.807, 2.05) is 18.2 Å². The van der Waals surface area contributed by atoms with E-state index in [0.29, 0.717) is 17.3 Å². The van der Waals surface area contributed by atoms with Gasteiger partial charge in [0.2, 0.25) is 5.91 Å².